The minimum Gasteiger partial charge on any atom is -0.482 e. The van der Waals surface area contributed by atoms with Crippen molar-refractivity contribution < 1.29 is 19.1 Å². The number of hydrogen-bond donors (Lipinski definition) is 1. The second kappa shape index (κ2) is 6.78. The molecule has 0 atom stereocenters. The van der Waals surface area contributed by atoms with Gasteiger partial charge in [-0.1, -0.05) is 30.3 Å². The summed E-state index contributed by atoms with van der Waals surface area (Å²) in [7, 11) is 1.16. The third kappa shape index (κ3) is 3.39. The van der Waals surface area contributed by atoms with Gasteiger partial charge < -0.3 is 15.3 Å². The molecule has 120 valence electrons. The van der Waals surface area contributed by atoms with Crippen LogP contribution in [0.1, 0.15) is 33.3 Å². The van der Waals surface area contributed by atoms with Gasteiger partial charge in [0.25, 0.3) is 0 Å². The molecule has 0 saturated heterocycles. The average molecular weight is 316 g/mol. The average Bonchev–Trinajstić information content (AvgIpc) is 2.55. The van der Waals surface area contributed by atoms with Crippen LogP contribution in [0.15, 0.2) is 41.3 Å². The SMILES string of the molecule is COC(=O)c1c(OCc2ccccc2)c(=O)c(C(C)=O)cn1N. The Balaban J connectivity index is 2.51. The largest absolute Gasteiger partial charge is 0.482 e. The number of carbonyl (C=O) groups excluding carboxylic acids is 2. The van der Waals surface area contributed by atoms with E-state index < -0.39 is 17.2 Å². The number of nitrogens with zero attached hydrogens (tertiary/aromatic N) is 1. The molecule has 0 aliphatic rings. The van der Waals surface area contributed by atoms with Crippen LogP contribution in [0.3, 0.4) is 0 Å². The van der Waals surface area contributed by atoms with Gasteiger partial charge >= 0.3 is 5.97 Å². The van der Waals surface area contributed by atoms with Crippen LogP contribution in [-0.2, 0) is 11.3 Å². The van der Waals surface area contributed by atoms with E-state index in [0.717, 1.165) is 23.5 Å². The molecular weight excluding hydrogens is 300 g/mol. The molecule has 0 amide bonds. The van der Waals surface area contributed by atoms with Crippen molar-refractivity contribution in [2.24, 2.45) is 0 Å². The van der Waals surface area contributed by atoms with E-state index in [1.165, 1.54) is 6.92 Å². The first-order valence-electron chi connectivity index (χ1n) is 6.76. The summed E-state index contributed by atoms with van der Waals surface area (Å²) in [6, 6.07) is 9.06. The number of ketones is 1. The Labute approximate surface area is 132 Å². The molecule has 2 rings (SSSR count). The fourth-order valence-electron chi connectivity index (χ4n) is 2.02. The molecule has 0 bridgehead atoms. The number of aromatic nitrogens is 1. The van der Waals surface area contributed by atoms with Gasteiger partial charge in [-0.3, -0.25) is 14.3 Å². The molecule has 0 radical (unpaired) electrons. The number of ether oxygens (including phenoxy) is 2. The molecule has 7 nitrogen and oxygen atoms in total. The topological polar surface area (TPSA) is 101 Å². The van der Waals surface area contributed by atoms with Crippen molar-refractivity contribution in [1.29, 1.82) is 0 Å². The van der Waals surface area contributed by atoms with Gasteiger partial charge in [-0.15, -0.1) is 0 Å². The number of hydrogen-bond acceptors (Lipinski definition) is 6. The molecule has 0 unspecified atom stereocenters. The zero-order valence-corrected chi connectivity index (χ0v) is 12.7. The number of Topliss-reactive ketones (excluding diaryl/α,β-unsaturated/α-hetero) is 1. The number of esters is 1. The molecule has 23 heavy (non-hydrogen) atoms. The predicted octanol–water partition coefficient (Wildman–Crippen LogP) is 1.13. The normalized spacial score (nSPS) is 10.2. The molecule has 0 aliphatic heterocycles. The van der Waals surface area contributed by atoms with Crippen LogP contribution in [0.4, 0.5) is 0 Å². The predicted molar refractivity (Wildman–Crippen MR) is 83.0 cm³/mol. The summed E-state index contributed by atoms with van der Waals surface area (Å²) in [5.41, 5.74) is -0.323. The Morgan fingerprint density at radius 3 is 2.43 bits per heavy atom. The van der Waals surface area contributed by atoms with Crippen LogP contribution >= 0.6 is 0 Å². The van der Waals surface area contributed by atoms with Crippen molar-refractivity contribution in [3.63, 3.8) is 0 Å². The van der Waals surface area contributed by atoms with Crippen molar-refractivity contribution in [3.8, 4) is 5.75 Å². The first kappa shape index (κ1) is 16.3. The van der Waals surface area contributed by atoms with Gasteiger partial charge in [0.2, 0.25) is 11.2 Å². The second-order valence-corrected chi connectivity index (χ2v) is 4.78. The maximum Gasteiger partial charge on any atom is 0.360 e. The highest BCUT2D eigenvalue weighted by Crippen LogP contribution is 2.17. The summed E-state index contributed by atoms with van der Waals surface area (Å²) in [4.78, 5) is 35.8. The maximum absolute atomic E-state index is 12.4. The number of methoxy groups -OCH3 is 1. The van der Waals surface area contributed by atoms with Crippen LogP contribution in [0.25, 0.3) is 0 Å². The molecule has 7 heteroatoms. The van der Waals surface area contributed by atoms with Crippen molar-refractivity contribution in [3.05, 3.63) is 63.6 Å². The van der Waals surface area contributed by atoms with E-state index >= 15 is 0 Å². The Hall–Kier alpha value is -3.09. The summed E-state index contributed by atoms with van der Waals surface area (Å²) in [5.74, 6) is 4.10. The van der Waals surface area contributed by atoms with Crippen LogP contribution in [0.2, 0.25) is 0 Å². The van der Waals surface area contributed by atoms with Gasteiger partial charge in [0.1, 0.15) is 6.61 Å². The molecule has 0 fully saturated rings. The lowest BCUT2D eigenvalue weighted by atomic mass is 10.1. The lowest BCUT2D eigenvalue weighted by molar-refractivity contribution is 0.0582. The minimum absolute atomic E-state index is 0.0431. The smallest absolute Gasteiger partial charge is 0.360 e. The van der Waals surface area contributed by atoms with E-state index in [1.807, 2.05) is 18.2 Å². The van der Waals surface area contributed by atoms with Crippen LogP contribution in [0, 0.1) is 0 Å². The zero-order valence-electron chi connectivity index (χ0n) is 12.7. The Morgan fingerprint density at radius 2 is 1.87 bits per heavy atom. The summed E-state index contributed by atoms with van der Waals surface area (Å²) in [6.07, 6.45) is 1.09. The first-order valence-corrected chi connectivity index (χ1v) is 6.76. The third-order valence-electron chi connectivity index (χ3n) is 3.18. The molecule has 0 spiro atoms. The van der Waals surface area contributed by atoms with Gasteiger partial charge in [0, 0.05) is 6.20 Å². The zero-order chi connectivity index (χ0) is 17.0. The van der Waals surface area contributed by atoms with Gasteiger partial charge in [0.15, 0.2) is 11.5 Å². The van der Waals surface area contributed by atoms with Crippen molar-refractivity contribution >= 4 is 11.8 Å². The van der Waals surface area contributed by atoms with E-state index in [9.17, 15) is 14.4 Å². The van der Waals surface area contributed by atoms with E-state index in [1.54, 1.807) is 12.1 Å². The Bertz CT molecular complexity index is 796. The van der Waals surface area contributed by atoms with Crippen LogP contribution in [-0.4, -0.2) is 23.5 Å². The van der Waals surface area contributed by atoms with E-state index in [-0.39, 0.29) is 23.6 Å². The van der Waals surface area contributed by atoms with Crippen LogP contribution in [0.5, 0.6) is 5.75 Å². The molecular formula is C16H16N2O5. The quantitative estimate of drug-likeness (QED) is 0.504. The fraction of sp³-hybridized carbons (Fsp3) is 0.188. The second-order valence-electron chi connectivity index (χ2n) is 4.78. The third-order valence-corrected chi connectivity index (χ3v) is 3.18. The number of rotatable bonds is 5. The highest BCUT2D eigenvalue weighted by molar-refractivity contribution is 5.96. The number of pyridine rings is 1. The first-order chi connectivity index (χ1) is 11.0. The van der Waals surface area contributed by atoms with Crippen molar-refractivity contribution in [2.45, 2.75) is 13.5 Å². The summed E-state index contributed by atoms with van der Waals surface area (Å²) in [6.45, 7) is 1.27. The lowest BCUT2D eigenvalue weighted by Crippen LogP contribution is -2.29. The Morgan fingerprint density at radius 1 is 1.22 bits per heavy atom. The molecule has 2 N–H and O–H groups in total. The standard InChI is InChI=1S/C16H16N2O5/c1-10(19)12-8-18(17)13(16(21)22-2)15(14(12)20)23-9-11-6-4-3-5-7-11/h3-8H,9,17H2,1-2H3. The number of nitrogens with two attached hydrogens (primary N) is 1. The van der Waals surface area contributed by atoms with Crippen LogP contribution < -0.4 is 16.0 Å². The van der Waals surface area contributed by atoms with Crippen molar-refractivity contribution in [1.82, 2.24) is 4.68 Å². The lowest BCUT2D eigenvalue weighted by Gasteiger charge is -2.14. The molecule has 0 saturated carbocycles. The number of nitrogen functional groups attached to an aromatic ring is 1. The fourth-order valence-corrected chi connectivity index (χ4v) is 2.02. The number of carbonyl (C=O) groups is 2. The number of benzene rings is 1. The van der Waals surface area contributed by atoms with Crippen molar-refractivity contribution in [2.75, 3.05) is 13.0 Å². The Kier molecular flexibility index (Phi) is 4.80. The van der Waals surface area contributed by atoms with Gasteiger partial charge in [0.05, 0.1) is 12.7 Å². The van der Waals surface area contributed by atoms with Gasteiger partial charge in [-0.2, -0.15) is 0 Å². The highest BCUT2D eigenvalue weighted by atomic mass is 16.5. The molecule has 1 heterocycles. The van der Waals surface area contributed by atoms with E-state index in [2.05, 4.69) is 4.74 Å². The van der Waals surface area contributed by atoms with Gasteiger partial charge in [-0.25, -0.2) is 4.79 Å². The molecule has 1 aromatic heterocycles. The van der Waals surface area contributed by atoms with E-state index in [0.29, 0.717) is 0 Å². The molecule has 1 aromatic carbocycles. The molecule has 2 aromatic rings. The minimum atomic E-state index is -0.831. The highest BCUT2D eigenvalue weighted by Gasteiger charge is 2.24. The summed E-state index contributed by atoms with van der Waals surface area (Å²) >= 11 is 0. The molecule has 0 aliphatic carbocycles. The van der Waals surface area contributed by atoms with Gasteiger partial charge in [-0.05, 0) is 12.5 Å². The maximum atomic E-state index is 12.4. The monoisotopic (exact) mass is 316 g/mol. The summed E-state index contributed by atoms with van der Waals surface area (Å²) in [5, 5.41) is 0. The van der Waals surface area contributed by atoms with E-state index in [4.69, 9.17) is 10.6 Å². The summed E-state index contributed by atoms with van der Waals surface area (Å²) < 4.78 is 11.0.